The van der Waals surface area contributed by atoms with Crippen LogP contribution in [0.3, 0.4) is 0 Å². The van der Waals surface area contributed by atoms with Gasteiger partial charge in [-0.25, -0.2) is 4.68 Å². The van der Waals surface area contributed by atoms with Crippen LogP contribution in [0.5, 0.6) is 0 Å². The van der Waals surface area contributed by atoms with Crippen molar-refractivity contribution in [3.05, 3.63) is 40.3 Å². The van der Waals surface area contributed by atoms with Crippen LogP contribution in [0, 0.1) is 0 Å². The minimum Gasteiger partial charge on any atom is -0.481 e. The summed E-state index contributed by atoms with van der Waals surface area (Å²) in [6.45, 7) is -0.173. The number of benzene rings is 1. The first kappa shape index (κ1) is 12.3. The molecule has 18 heavy (non-hydrogen) atoms. The number of aliphatic hydroxyl groups is 1. The number of carboxylic acids is 1. The largest absolute Gasteiger partial charge is 0.481 e. The molecule has 2 N–H and O–H groups in total. The smallest absolute Gasteiger partial charge is 0.309 e. The van der Waals surface area contributed by atoms with Gasteiger partial charge in [-0.15, -0.1) is 0 Å². The maximum Gasteiger partial charge on any atom is 0.309 e. The number of rotatable bonds is 4. The van der Waals surface area contributed by atoms with Crippen molar-refractivity contribution in [2.75, 3.05) is 6.61 Å². The average Bonchev–Trinajstić information content (AvgIpc) is 2.35. The lowest BCUT2D eigenvalue weighted by Crippen LogP contribution is -2.26. The first-order chi connectivity index (χ1) is 8.63. The van der Waals surface area contributed by atoms with E-state index in [1.807, 2.05) is 0 Å². The molecule has 0 unspecified atom stereocenters. The summed E-state index contributed by atoms with van der Waals surface area (Å²) in [7, 11) is 0. The minimum absolute atomic E-state index is 0.0519. The molecule has 0 spiro atoms. The Morgan fingerprint density at radius 3 is 2.56 bits per heavy atom. The molecule has 1 heterocycles. The molecule has 0 atom stereocenters. The molecule has 0 fully saturated rings. The van der Waals surface area contributed by atoms with Crippen LogP contribution in [0.15, 0.2) is 29.1 Å². The maximum absolute atomic E-state index is 12.0. The van der Waals surface area contributed by atoms with Crippen LogP contribution in [-0.2, 0) is 17.8 Å². The number of carboxylic acid groups (broad SMARTS) is 1. The number of hydrogen-bond acceptors (Lipinski definition) is 4. The summed E-state index contributed by atoms with van der Waals surface area (Å²) in [4.78, 5) is 22.8. The highest BCUT2D eigenvalue weighted by atomic mass is 16.4. The Balaban J connectivity index is 2.71. The van der Waals surface area contributed by atoms with E-state index in [1.54, 1.807) is 24.3 Å². The van der Waals surface area contributed by atoms with Crippen molar-refractivity contribution < 1.29 is 15.0 Å². The number of nitrogens with zero attached hydrogens (tertiary/aromatic N) is 2. The minimum atomic E-state index is -1.01. The van der Waals surface area contributed by atoms with Crippen LogP contribution in [0.1, 0.15) is 5.69 Å². The van der Waals surface area contributed by atoms with Gasteiger partial charge in [-0.05, 0) is 6.07 Å². The molecular weight excluding hydrogens is 236 g/mol. The van der Waals surface area contributed by atoms with Crippen molar-refractivity contribution in [3.8, 4) is 0 Å². The number of carbonyl (C=O) groups is 1. The second kappa shape index (κ2) is 4.97. The fourth-order valence-electron chi connectivity index (χ4n) is 1.83. The summed E-state index contributed by atoms with van der Waals surface area (Å²) in [5.74, 6) is -1.01. The molecule has 0 saturated carbocycles. The summed E-state index contributed by atoms with van der Waals surface area (Å²) in [5, 5.41) is 22.7. The van der Waals surface area contributed by atoms with Gasteiger partial charge in [0.25, 0.3) is 5.56 Å². The van der Waals surface area contributed by atoms with E-state index >= 15 is 0 Å². The van der Waals surface area contributed by atoms with E-state index in [-0.39, 0.29) is 25.1 Å². The number of aliphatic carboxylic acids is 1. The molecule has 0 bridgehead atoms. The second-order valence-electron chi connectivity index (χ2n) is 3.81. The Bertz CT molecular complexity index is 648. The molecule has 1 aromatic heterocycles. The van der Waals surface area contributed by atoms with Crippen molar-refractivity contribution in [1.82, 2.24) is 9.78 Å². The molecule has 0 aliphatic heterocycles. The summed E-state index contributed by atoms with van der Waals surface area (Å²) >= 11 is 0. The third-order valence-corrected chi connectivity index (χ3v) is 2.57. The predicted molar refractivity (Wildman–Crippen MR) is 64.4 cm³/mol. The molecule has 0 aliphatic rings. The lowest BCUT2D eigenvalue weighted by Gasteiger charge is -2.08. The van der Waals surface area contributed by atoms with Crippen molar-refractivity contribution in [2.24, 2.45) is 0 Å². The lowest BCUT2D eigenvalue weighted by molar-refractivity contribution is -0.136. The van der Waals surface area contributed by atoms with Crippen molar-refractivity contribution in [3.63, 3.8) is 0 Å². The SMILES string of the molecule is O=C(O)Cc1nn(CCO)c(=O)c2ccccc12. The second-order valence-corrected chi connectivity index (χ2v) is 3.81. The Hall–Kier alpha value is -2.21. The molecule has 6 nitrogen and oxygen atoms in total. The maximum atomic E-state index is 12.0. The zero-order valence-electron chi connectivity index (χ0n) is 9.54. The Morgan fingerprint density at radius 2 is 1.94 bits per heavy atom. The first-order valence-corrected chi connectivity index (χ1v) is 5.45. The molecule has 6 heteroatoms. The van der Waals surface area contributed by atoms with Gasteiger partial charge in [0.1, 0.15) is 0 Å². The van der Waals surface area contributed by atoms with E-state index < -0.39 is 5.97 Å². The van der Waals surface area contributed by atoms with E-state index in [4.69, 9.17) is 10.2 Å². The molecule has 94 valence electrons. The number of fused-ring (bicyclic) bond motifs is 1. The molecule has 0 radical (unpaired) electrons. The number of aliphatic hydroxyl groups excluding tert-OH is 1. The first-order valence-electron chi connectivity index (χ1n) is 5.45. The van der Waals surface area contributed by atoms with Gasteiger partial charge < -0.3 is 10.2 Å². The fraction of sp³-hybridized carbons (Fsp3) is 0.250. The van der Waals surface area contributed by atoms with Gasteiger partial charge in [-0.3, -0.25) is 9.59 Å². The molecule has 2 rings (SSSR count). The standard InChI is InChI=1S/C12H12N2O4/c15-6-5-14-12(18)9-4-2-1-3-8(9)10(13-14)7-11(16)17/h1-4,15H,5-7H2,(H,16,17). The van der Waals surface area contributed by atoms with Gasteiger partial charge in [0.15, 0.2) is 0 Å². The molecular formula is C12H12N2O4. The van der Waals surface area contributed by atoms with Crippen LogP contribution in [0.2, 0.25) is 0 Å². The van der Waals surface area contributed by atoms with E-state index in [0.717, 1.165) is 4.68 Å². The average molecular weight is 248 g/mol. The third kappa shape index (κ3) is 2.23. The van der Waals surface area contributed by atoms with Gasteiger partial charge in [0.05, 0.1) is 30.7 Å². The van der Waals surface area contributed by atoms with Gasteiger partial charge in [0.2, 0.25) is 0 Å². The van der Waals surface area contributed by atoms with Crippen LogP contribution < -0.4 is 5.56 Å². The predicted octanol–water partition coefficient (Wildman–Crippen LogP) is 0.0159. The van der Waals surface area contributed by atoms with E-state index in [9.17, 15) is 9.59 Å². The van der Waals surface area contributed by atoms with Crippen LogP contribution >= 0.6 is 0 Å². The van der Waals surface area contributed by atoms with Crippen LogP contribution in [-0.4, -0.2) is 32.6 Å². The van der Waals surface area contributed by atoms with E-state index in [2.05, 4.69) is 5.10 Å². The third-order valence-electron chi connectivity index (χ3n) is 2.57. The van der Waals surface area contributed by atoms with Crippen LogP contribution in [0.4, 0.5) is 0 Å². The molecule has 0 aliphatic carbocycles. The normalized spacial score (nSPS) is 10.7. The van der Waals surface area contributed by atoms with E-state index in [1.165, 1.54) is 0 Å². The molecule has 2 aromatic rings. The summed E-state index contributed by atoms with van der Waals surface area (Å²) in [6, 6.07) is 6.73. The van der Waals surface area contributed by atoms with Crippen molar-refractivity contribution >= 4 is 16.7 Å². The molecule has 1 aromatic carbocycles. The number of hydrogen-bond donors (Lipinski definition) is 2. The molecule has 0 amide bonds. The van der Waals surface area contributed by atoms with Gasteiger partial charge in [-0.2, -0.15) is 5.10 Å². The quantitative estimate of drug-likeness (QED) is 0.795. The van der Waals surface area contributed by atoms with Gasteiger partial charge in [0, 0.05) is 5.39 Å². The Kier molecular flexibility index (Phi) is 3.38. The van der Waals surface area contributed by atoms with Crippen molar-refractivity contribution in [2.45, 2.75) is 13.0 Å². The summed E-state index contributed by atoms with van der Waals surface area (Å²) < 4.78 is 1.10. The van der Waals surface area contributed by atoms with Crippen molar-refractivity contribution in [1.29, 1.82) is 0 Å². The molecule has 0 saturated heterocycles. The van der Waals surface area contributed by atoms with Gasteiger partial charge >= 0.3 is 5.97 Å². The van der Waals surface area contributed by atoms with E-state index in [0.29, 0.717) is 16.5 Å². The number of aromatic nitrogens is 2. The zero-order valence-corrected chi connectivity index (χ0v) is 9.54. The highest BCUT2D eigenvalue weighted by molar-refractivity contribution is 5.86. The summed E-state index contributed by atoms with van der Waals surface area (Å²) in [5.41, 5.74) is -0.0000567. The zero-order chi connectivity index (χ0) is 13.1. The highest BCUT2D eigenvalue weighted by Crippen LogP contribution is 2.13. The Morgan fingerprint density at radius 1 is 1.28 bits per heavy atom. The monoisotopic (exact) mass is 248 g/mol. The lowest BCUT2D eigenvalue weighted by atomic mass is 10.1. The topological polar surface area (TPSA) is 92.4 Å². The fourth-order valence-corrected chi connectivity index (χ4v) is 1.83. The van der Waals surface area contributed by atoms with Crippen LogP contribution in [0.25, 0.3) is 10.8 Å². The summed E-state index contributed by atoms with van der Waals surface area (Å²) in [6.07, 6.45) is -0.258. The highest BCUT2D eigenvalue weighted by Gasteiger charge is 2.12. The van der Waals surface area contributed by atoms with Gasteiger partial charge in [-0.1, -0.05) is 18.2 Å². The Labute approximate surface area is 102 Å².